The van der Waals surface area contributed by atoms with Crippen molar-refractivity contribution < 1.29 is 42.8 Å². The minimum absolute atomic E-state index is 0.201. The summed E-state index contributed by atoms with van der Waals surface area (Å²) in [5.41, 5.74) is 0.752. The number of hydrogen-bond acceptors (Lipinski definition) is 9. The second kappa shape index (κ2) is 8.68. The van der Waals surface area contributed by atoms with E-state index in [0.29, 0.717) is 0 Å². The molecule has 0 saturated carbocycles. The van der Waals surface area contributed by atoms with Crippen molar-refractivity contribution in [1.82, 2.24) is 0 Å². The maximum atomic E-state index is 11.7. The van der Waals surface area contributed by atoms with Gasteiger partial charge in [0, 0.05) is 26.3 Å². The molecule has 0 spiro atoms. The molecule has 9 nitrogen and oxygen atoms in total. The quantitative estimate of drug-likeness (QED) is 0.539. The van der Waals surface area contributed by atoms with Gasteiger partial charge in [-0.2, -0.15) is 0 Å². The summed E-state index contributed by atoms with van der Waals surface area (Å²) in [5.74, 6) is -1.71. The fraction of sp³-hybridized carbons (Fsp3) is 0.526. The Morgan fingerprint density at radius 1 is 0.857 bits per heavy atom. The average molecular weight is 394 g/mol. The van der Waals surface area contributed by atoms with E-state index in [9.17, 15) is 14.4 Å². The molecule has 0 radical (unpaired) electrons. The molecule has 0 bridgehead atoms. The lowest BCUT2D eigenvalue weighted by Crippen LogP contribution is -2.60. The van der Waals surface area contributed by atoms with E-state index in [1.165, 1.54) is 20.8 Å². The Morgan fingerprint density at radius 3 is 2.11 bits per heavy atom. The fourth-order valence-electron chi connectivity index (χ4n) is 3.19. The van der Waals surface area contributed by atoms with Crippen molar-refractivity contribution in [1.29, 1.82) is 0 Å². The third kappa shape index (κ3) is 4.67. The van der Waals surface area contributed by atoms with E-state index < -0.39 is 54.9 Å². The van der Waals surface area contributed by atoms with Gasteiger partial charge in [0.2, 0.25) is 0 Å². The molecule has 152 valence electrons. The van der Waals surface area contributed by atoms with Crippen LogP contribution in [0.4, 0.5) is 0 Å². The van der Waals surface area contributed by atoms with Crippen LogP contribution in [0.25, 0.3) is 0 Å². The fourth-order valence-corrected chi connectivity index (χ4v) is 3.19. The van der Waals surface area contributed by atoms with Gasteiger partial charge in [-0.1, -0.05) is 30.3 Å². The number of hydrogen-bond donors (Lipinski definition) is 0. The molecule has 2 saturated heterocycles. The minimum atomic E-state index is -1.03. The van der Waals surface area contributed by atoms with Crippen LogP contribution < -0.4 is 0 Å². The number of benzene rings is 1. The molecule has 0 aliphatic carbocycles. The van der Waals surface area contributed by atoms with Gasteiger partial charge in [-0.05, 0) is 0 Å². The Kier molecular flexibility index (Phi) is 6.28. The molecule has 2 fully saturated rings. The van der Waals surface area contributed by atoms with E-state index in [1.807, 2.05) is 30.3 Å². The minimum Gasteiger partial charge on any atom is -0.463 e. The van der Waals surface area contributed by atoms with E-state index in [0.717, 1.165) is 5.56 Å². The first-order valence-corrected chi connectivity index (χ1v) is 8.84. The molecule has 3 rings (SSSR count). The summed E-state index contributed by atoms with van der Waals surface area (Å²) in [6, 6.07) is 9.17. The molecule has 1 aromatic rings. The molecule has 0 N–H and O–H groups in total. The lowest BCUT2D eigenvalue weighted by molar-refractivity contribution is -0.264. The van der Waals surface area contributed by atoms with Crippen LogP contribution in [-0.4, -0.2) is 55.2 Å². The maximum Gasteiger partial charge on any atom is 0.303 e. The summed E-state index contributed by atoms with van der Waals surface area (Å²) in [7, 11) is 0. The largest absolute Gasteiger partial charge is 0.463 e. The van der Waals surface area contributed by atoms with Crippen molar-refractivity contribution in [2.45, 2.75) is 57.8 Å². The molecular formula is C19H22O9. The van der Waals surface area contributed by atoms with Crippen LogP contribution in [0.1, 0.15) is 32.6 Å². The van der Waals surface area contributed by atoms with Gasteiger partial charge in [-0.25, -0.2) is 0 Å². The lowest BCUT2D eigenvalue weighted by Gasteiger charge is -2.40. The molecular weight excluding hydrogens is 372 g/mol. The van der Waals surface area contributed by atoms with Crippen LogP contribution in [0, 0.1) is 0 Å². The molecule has 0 aromatic heterocycles. The number of carbonyl (C=O) groups excluding carboxylic acids is 3. The third-order valence-corrected chi connectivity index (χ3v) is 4.26. The van der Waals surface area contributed by atoms with Crippen LogP contribution >= 0.6 is 0 Å². The van der Waals surface area contributed by atoms with Crippen LogP contribution in [0.3, 0.4) is 0 Å². The zero-order valence-corrected chi connectivity index (χ0v) is 15.7. The van der Waals surface area contributed by atoms with Crippen LogP contribution in [0.5, 0.6) is 0 Å². The summed E-state index contributed by atoms with van der Waals surface area (Å²) >= 11 is 0. The molecule has 1 aromatic carbocycles. The first kappa shape index (κ1) is 20.2. The summed E-state index contributed by atoms with van der Waals surface area (Å²) in [4.78, 5) is 34.5. The number of rotatable bonds is 5. The van der Waals surface area contributed by atoms with Crippen molar-refractivity contribution in [2.75, 3.05) is 6.61 Å². The molecule has 2 heterocycles. The van der Waals surface area contributed by atoms with Gasteiger partial charge in [-0.3, -0.25) is 14.4 Å². The normalized spacial score (nSPS) is 31.5. The SMILES string of the molecule is CC(=O)OC[C@H]1O[C@@H]2O[C@H](c3ccccc3)O[C@@H]2[C@@H](OC(C)=O)[C@@H]1OC(C)=O. The molecule has 2 aliphatic rings. The highest BCUT2D eigenvalue weighted by atomic mass is 16.8. The molecule has 6 atom stereocenters. The highest BCUT2D eigenvalue weighted by Crippen LogP contribution is 2.40. The first-order valence-electron chi connectivity index (χ1n) is 8.84. The smallest absolute Gasteiger partial charge is 0.303 e. The van der Waals surface area contributed by atoms with Gasteiger partial charge in [0.15, 0.2) is 30.9 Å². The Labute approximate surface area is 161 Å². The van der Waals surface area contributed by atoms with Gasteiger partial charge in [0.05, 0.1) is 0 Å². The highest BCUT2D eigenvalue weighted by Gasteiger charge is 2.56. The van der Waals surface area contributed by atoms with Gasteiger partial charge >= 0.3 is 17.9 Å². The van der Waals surface area contributed by atoms with Gasteiger partial charge in [0.1, 0.15) is 12.7 Å². The molecule has 0 amide bonds. The Hall–Kier alpha value is -2.49. The summed E-state index contributed by atoms with van der Waals surface area (Å²) < 4.78 is 33.4. The zero-order chi connectivity index (χ0) is 20.3. The van der Waals surface area contributed by atoms with Gasteiger partial charge < -0.3 is 28.4 Å². The Balaban J connectivity index is 1.86. The second-order valence-electron chi connectivity index (χ2n) is 6.47. The Bertz CT molecular complexity index is 719. The van der Waals surface area contributed by atoms with E-state index in [1.54, 1.807) is 0 Å². The standard InChI is InChI=1S/C19H22O9/c1-10(20)23-9-14-15(24-11(2)21)16(25-12(3)22)17-19(26-14)28-18(27-17)13-7-5-4-6-8-13/h4-8,14-19H,9H2,1-3H3/t14-,15-,16+,17-,18-,19-/m1/s1. The summed E-state index contributed by atoms with van der Waals surface area (Å²) in [5, 5.41) is 0. The highest BCUT2D eigenvalue weighted by molar-refractivity contribution is 5.67. The van der Waals surface area contributed by atoms with Gasteiger partial charge in [0.25, 0.3) is 0 Å². The van der Waals surface area contributed by atoms with Crippen molar-refractivity contribution in [3.8, 4) is 0 Å². The monoisotopic (exact) mass is 394 g/mol. The molecule has 9 heteroatoms. The topological polar surface area (TPSA) is 107 Å². The van der Waals surface area contributed by atoms with Crippen LogP contribution in [0.2, 0.25) is 0 Å². The van der Waals surface area contributed by atoms with E-state index in [4.69, 9.17) is 28.4 Å². The van der Waals surface area contributed by atoms with Crippen LogP contribution in [0.15, 0.2) is 30.3 Å². The maximum absolute atomic E-state index is 11.7. The van der Waals surface area contributed by atoms with Crippen molar-refractivity contribution in [3.63, 3.8) is 0 Å². The van der Waals surface area contributed by atoms with Crippen molar-refractivity contribution >= 4 is 17.9 Å². The number of carbonyl (C=O) groups is 3. The van der Waals surface area contributed by atoms with Crippen LogP contribution in [-0.2, 0) is 42.8 Å². The second-order valence-corrected chi connectivity index (χ2v) is 6.47. The Morgan fingerprint density at radius 2 is 1.50 bits per heavy atom. The first-order chi connectivity index (χ1) is 13.3. The number of fused-ring (bicyclic) bond motifs is 1. The number of esters is 3. The zero-order valence-electron chi connectivity index (χ0n) is 15.7. The number of ether oxygens (including phenoxy) is 6. The predicted octanol–water partition coefficient (Wildman–Crippen LogP) is 1.25. The summed E-state index contributed by atoms with van der Waals surface area (Å²) in [6.45, 7) is 3.50. The molecule has 0 unspecified atom stereocenters. The molecule has 28 heavy (non-hydrogen) atoms. The van der Waals surface area contributed by atoms with E-state index in [-0.39, 0.29) is 6.61 Å². The molecule has 2 aliphatic heterocycles. The average Bonchev–Trinajstić information content (AvgIpc) is 3.06. The van der Waals surface area contributed by atoms with Crippen molar-refractivity contribution in [3.05, 3.63) is 35.9 Å². The predicted molar refractivity (Wildman–Crippen MR) is 91.5 cm³/mol. The van der Waals surface area contributed by atoms with E-state index >= 15 is 0 Å². The lowest BCUT2D eigenvalue weighted by atomic mass is 9.98. The van der Waals surface area contributed by atoms with Gasteiger partial charge in [-0.15, -0.1) is 0 Å². The summed E-state index contributed by atoms with van der Waals surface area (Å²) in [6.07, 6.45) is -5.39. The van der Waals surface area contributed by atoms with Crippen molar-refractivity contribution in [2.24, 2.45) is 0 Å². The third-order valence-electron chi connectivity index (χ3n) is 4.26. The van der Waals surface area contributed by atoms with E-state index in [2.05, 4.69) is 0 Å².